The minimum atomic E-state index is -0.442. The van der Waals surface area contributed by atoms with Gasteiger partial charge < -0.3 is 9.84 Å². The molecule has 3 heteroatoms. The Morgan fingerprint density at radius 3 is 2.59 bits per heavy atom. The number of carbonyl (C=O) groups is 1. The summed E-state index contributed by atoms with van der Waals surface area (Å²) in [6.07, 6.45) is 27.3. The van der Waals surface area contributed by atoms with Gasteiger partial charge in [0.2, 0.25) is 0 Å². The second kappa shape index (κ2) is 17.8. The molecule has 3 nitrogen and oxygen atoms in total. The zero-order valence-corrected chi connectivity index (χ0v) is 21.4. The highest BCUT2D eigenvalue weighted by atomic mass is 16.5. The molecule has 1 N–H and O–H groups in total. The molecule has 1 heterocycles. The second-order valence-corrected chi connectivity index (χ2v) is 9.13. The van der Waals surface area contributed by atoms with Gasteiger partial charge in [0.1, 0.15) is 6.10 Å². The monoisotopic (exact) mass is 464 g/mol. The van der Waals surface area contributed by atoms with Crippen LogP contribution < -0.4 is 0 Å². The molecule has 0 saturated carbocycles. The van der Waals surface area contributed by atoms with Crippen LogP contribution in [0.3, 0.4) is 0 Å². The van der Waals surface area contributed by atoms with E-state index in [4.69, 9.17) is 4.74 Å². The molecular weight excluding hydrogens is 420 g/mol. The summed E-state index contributed by atoms with van der Waals surface area (Å²) < 4.78 is 5.85. The van der Waals surface area contributed by atoms with E-state index in [0.29, 0.717) is 6.42 Å². The maximum Gasteiger partial charge on any atom is 0.310 e. The smallest absolute Gasteiger partial charge is 0.310 e. The van der Waals surface area contributed by atoms with E-state index in [1.54, 1.807) is 6.08 Å². The molecule has 0 aromatic rings. The lowest BCUT2D eigenvalue weighted by atomic mass is 9.96. The molecule has 34 heavy (non-hydrogen) atoms. The molecule has 3 atom stereocenters. The number of carbonyl (C=O) groups excluding carboxylic acids is 1. The van der Waals surface area contributed by atoms with E-state index in [0.717, 1.165) is 49.7 Å². The highest BCUT2D eigenvalue weighted by Gasteiger charge is 2.16. The number of allylic oxidation sites excluding steroid dienone is 11. The maximum absolute atomic E-state index is 12.6. The zero-order valence-electron chi connectivity index (χ0n) is 21.4. The van der Waals surface area contributed by atoms with Crippen LogP contribution in [0.25, 0.3) is 0 Å². The molecule has 0 amide bonds. The summed E-state index contributed by atoms with van der Waals surface area (Å²) in [6.45, 7) is 14.0. The fourth-order valence-electron chi connectivity index (χ4n) is 3.53. The lowest BCUT2D eigenvalue weighted by molar-refractivity contribution is -0.148. The van der Waals surface area contributed by atoms with Gasteiger partial charge in [0.25, 0.3) is 0 Å². The molecule has 1 aliphatic rings. The third-order valence-electron chi connectivity index (χ3n) is 5.99. The number of ether oxygens (including phenoxy) is 1. The molecule has 0 aromatic heterocycles. The average molecular weight is 465 g/mol. The number of rotatable bonds is 4. The first-order valence-corrected chi connectivity index (χ1v) is 12.5. The molecule has 0 fully saturated rings. The van der Waals surface area contributed by atoms with Gasteiger partial charge >= 0.3 is 5.97 Å². The van der Waals surface area contributed by atoms with E-state index < -0.39 is 6.10 Å². The van der Waals surface area contributed by atoms with Crippen molar-refractivity contribution >= 4 is 5.97 Å². The van der Waals surface area contributed by atoms with Crippen LogP contribution in [0.15, 0.2) is 96.7 Å². The van der Waals surface area contributed by atoms with Crippen LogP contribution in [-0.2, 0) is 9.53 Å². The summed E-state index contributed by atoms with van der Waals surface area (Å²) in [7, 11) is 0. The van der Waals surface area contributed by atoms with Gasteiger partial charge in [0.15, 0.2) is 0 Å². The van der Waals surface area contributed by atoms with Gasteiger partial charge in [-0.05, 0) is 63.9 Å². The van der Waals surface area contributed by atoms with Gasteiger partial charge in [-0.3, -0.25) is 4.79 Å². The Kier molecular flexibility index (Phi) is 15.4. The number of aliphatic hydroxyl groups is 1. The quantitative estimate of drug-likeness (QED) is 0.261. The Morgan fingerprint density at radius 2 is 1.85 bits per heavy atom. The van der Waals surface area contributed by atoms with E-state index in [9.17, 15) is 9.90 Å². The molecule has 0 aromatic carbocycles. The van der Waals surface area contributed by atoms with Crippen LogP contribution in [0.4, 0.5) is 0 Å². The highest BCUT2D eigenvalue weighted by molar-refractivity contribution is 5.72. The molecule has 0 saturated heterocycles. The van der Waals surface area contributed by atoms with Crippen LogP contribution in [0.5, 0.6) is 0 Å². The second-order valence-electron chi connectivity index (χ2n) is 9.13. The summed E-state index contributed by atoms with van der Waals surface area (Å²) in [5.41, 5.74) is 3.04. The first-order valence-electron chi connectivity index (χ1n) is 12.5. The molecule has 0 spiro atoms. The van der Waals surface area contributed by atoms with Crippen molar-refractivity contribution in [2.24, 2.45) is 5.92 Å². The fourth-order valence-corrected chi connectivity index (χ4v) is 3.53. The van der Waals surface area contributed by atoms with Crippen molar-refractivity contribution in [1.82, 2.24) is 0 Å². The molecule has 186 valence electrons. The maximum atomic E-state index is 12.6. The molecular formula is C31H44O3. The summed E-state index contributed by atoms with van der Waals surface area (Å²) in [5.74, 6) is -0.0137. The van der Waals surface area contributed by atoms with Crippen molar-refractivity contribution in [2.45, 2.75) is 84.3 Å². The first-order chi connectivity index (χ1) is 16.3. The Hall–Kier alpha value is -2.65. The van der Waals surface area contributed by atoms with E-state index in [2.05, 4.69) is 39.2 Å². The number of aliphatic hydroxyl groups excluding tert-OH is 1. The van der Waals surface area contributed by atoms with Gasteiger partial charge in [-0.1, -0.05) is 98.1 Å². The average Bonchev–Trinajstić information content (AvgIpc) is 2.80. The highest BCUT2D eigenvalue weighted by Crippen LogP contribution is 2.20. The Morgan fingerprint density at radius 1 is 1.15 bits per heavy atom. The van der Waals surface area contributed by atoms with Crippen molar-refractivity contribution < 1.29 is 14.6 Å². The van der Waals surface area contributed by atoms with Gasteiger partial charge in [-0.15, -0.1) is 0 Å². The lowest BCUT2D eigenvalue weighted by Crippen LogP contribution is -2.19. The molecule has 1 rings (SSSR count). The fraction of sp³-hybridized carbons (Fsp3) is 0.452. The summed E-state index contributed by atoms with van der Waals surface area (Å²) in [4.78, 5) is 12.6. The molecule has 1 aliphatic heterocycles. The van der Waals surface area contributed by atoms with Crippen LogP contribution >= 0.6 is 0 Å². The number of hydrogen-bond acceptors (Lipinski definition) is 3. The van der Waals surface area contributed by atoms with Crippen LogP contribution in [0, 0.1) is 5.92 Å². The summed E-state index contributed by atoms with van der Waals surface area (Å²) in [6, 6.07) is 0. The van der Waals surface area contributed by atoms with Gasteiger partial charge in [0.05, 0.1) is 12.5 Å². The normalized spacial score (nSPS) is 29.9. The summed E-state index contributed by atoms with van der Waals surface area (Å²) in [5, 5.41) is 10.4. The minimum Gasteiger partial charge on any atom is -0.462 e. The van der Waals surface area contributed by atoms with E-state index >= 15 is 0 Å². The third kappa shape index (κ3) is 13.8. The third-order valence-corrected chi connectivity index (χ3v) is 5.99. The molecule has 0 bridgehead atoms. The molecule has 0 unspecified atom stereocenters. The van der Waals surface area contributed by atoms with Crippen molar-refractivity contribution in [3.05, 3.63) is 96.7 Å². The van der Waals surface area contributed by atoms with Crippen molar-refractivity contribution in [2.75, 3.05) is 0 Å². The van der Waals surface area contributed by atoms with Crippen LogP contribution in [0.2, 0.25) is 0 Å². The van der Waals surface area contributed by atoms with Gasteiger partial charge in [-0.25, -0.2) is 0 Å². The van der Waals surface area contributed by atoms with Crippen LogP contribution in [-0.4, -0.2) is 23.3 Å². The molecule has 0 radical (unpaired) electrons. The van der Waals surface area contributed by atoms with E-state index in [1.165, 1.54) is 5.57 Å². The largest absolute Gasteiger partial charge is 0.462 e. The molecule has 0 aliphatic carbocycles. The number of cyclic esters (lactones) is 1. The standard InChI is InChI=1S/C31H44O3/c1-6-17-25(2)22-23-29-20-16-15-19-27(4)30(32)21-14-12-10-8-7-9-11-13-18-26(3)28(5)24-31(33)34-29/h6-11,13,15-17,19,26,29-30,32H,1,5,12,14,18,20-24H2,2-4H3/b9-7-,10-8-,13-11+,16-15-,25-17+,27-19-/t26-,29-,30+/m1/s1. The predicted molar refractivity (Wildman–Crippen MR) is 145 cm³/mol. The zero-order chi connectivity index (χ0) is 25.2. The van der Waals surface area contributed by atoms with Gasteiger partial charge in [0, 0.05) is 6.42 Å². The Labute approximate surface area is 207 Å². The predicted octanol–water partition coefficient (Wildman–Crippen LogP) is 7.89. The lowest BCUT2D eigenvalue weighted by Gasteiger charge is -2.18. The van der Waals surface area contributed by atoms with Gasteiger partial charge in [-0.2, -0.15) is 0 Å². The first kappa shape index (κ1) is 29.4. The van der Waals surface area contributed by atoms with Crippen molar-refractivity contribution in [3.63, 3.8) is 0 Å². The Balaban J connectivity index is 2.93. The van der Waals surface area contributed by atoms with Crippen molar-refractivity contribution in [1.29, 1.82) is 0 Å². The topological polar surface area (TPSA) is 46.5 Å². The SMILES string of the molecule is C=C/C=C(\C)CC[C@H]1C/C=C\C=C(\C)[C@@H](O)CCC\C=C/C=C\C=C\C[C@@H](C)C(=C)CC(=O)O1. The number of hydrogen-bond donors (Lipinski definition) is 1. The van der Waals surface area contributed by atoms with E-state index in [-0.39, 0.29) is 24.4 Å². The Bertz CT molecular complexity index is 820. The van der Waals surface area contributed by atoms with E-state index in [1.807, 2.05) is 55.5 Å². The van der Waals surface area contributed by atoms with Crippen LogP contribution in [0.1, 0.15) is 72.1 Å². The van der Waals surface area contributed by atoms with Crippen molar-refractivity contribution in [3.8, 4) is 0 Å². The summed E-state index contributed by atoms with van der Waals surface area (Å²) >= 11 is 0. The number of esters is 1. The minimum absolute atomic E-state index is 0.201.